The van der Waals surface area contributed by atoms with Crippen LogP contribution < -0.4 is 10.3 Å². The highest BCUT2D eigenvalue weighted by atomic mass is 32.2. The molecule has 0 aliphatic heterocycles. The first-order valence-corrected chi connectivity index (χ1v) is 13.0. The Labute approximate surface area is 215 Å². The standard InChI is InChI=1S/C26H26F2N4O2S2/c1-19-11-12-24(35-19)23-10-5-4-7-20(23)18-36(34)25(31-30-14-16-33)29-13-15-32(3)22-9-6-8-21(17-22)26(2,27)28/h4-17H,18H2,1-3H3,(H,29,31)/b15-13-,30-14+. The van der Waals surface area contributed by atoms with E-state index in [-0.39, 0.29) is 16.5 Å². The molecule has 3 rings (SSSR count). The lowest BCUT2D eigenvalue weighted by Gasteiger charge is -2.17. The van der Waals surface area contributed by atoms with E-state index in [9.17, 15) is 17.8 Å². The van der Waals surface area contributed by atoms with Gasteiger partial charge in [0.25, 0.3) is 5.92 Å². The number of aliphatic imine (C=N–C) groups is 1. The fourth-order valence-corrected chi connectivity index (χ4v) is 5.15. The molecule has 0 spiro atoms. The lowest BCUT2D eigenvalue weighted by molar-refractivity contribution is -0.102. The van der Waals surface area contributed by atoms with Crippen LogP contribution in [-0.2, 0) is 27.3 Å². The number of hydrogen-bond donors (Lipinski definition) is 1. The number of anilines is 1. The van der Waals surface area contributed by atoms with Crippen LogP contribution >= 0.6 is 11.3 Å². The van der Waals surface area contributed by atoms with Crippen molar-refractivity contribution in [2.24, 2.45) is 10.1 Å². The zero-order chi connectivity index (χ0) is 26.1. The van der Waals surface area contributed by atoms with Crippen LogP contribution in [0.1, 0.15) is 22.9 Å². The largest absolute Gasteiger partial charge is 0.349 e. The number of carbonyl (C=O) groups is 1. The third-order valence-corrected chi connectivity index (χ3v) is 7.30. The van der Waals surface area contributed by atoms with Crippen molar-refractivity contribution in [3.05, 3.63) is 89.1 Å². The molecule has 0 saturated carbocycles. The normalized spacial score (nSPS) is 13.3. The maximum Gasteiger partial charge on any atom is 0.270 e. The molecule has 0 radical (unpaired) electrons. The first-order valence-electron chi connectivity index (χ1n) is 10.9. The van der Waals surface area contributed by atoms with E-state index in [4.69, 9.17) is 0 Å². The summed E-state index contributed by atoms with van der Waals surface area (Å²) in [5, 5.41) is 3.78. The van der Waals surface area contributed by atoms with Gasteiger partial charge in [0.05, 0.1) is 22.8 Å². The fourth-order valence-electron chi connectivity index (χ4n) is 3.22. The number of halogens is 2. The summed E-state index contributed by atoms with van der Waals surface area (Å²) in [6.45, 7) is 2.87. The number of hydrazone groups is 1. The van der Waals surface area contributed by atoms with E-state index in [1.54, 1.807) is 41.6 Å². The molecule has 0 amide bonds. The molecule has 0 bridgehead atoms. The first-order chi connectivity index (χ1) is 17.2. The Morgan fingerprint density at radius 3 is 2.64 bits per heavy atom. The summed E-state index contributed by atoms with van der Waals surface area (Å²) in [4.78, 5) is 18.7. The lowest BCUT2D eigenvalue weighted by Crippen LogP contribution is -2.24. The summed E-state index contributed by atoms with van der Waals surface area (Å²) < 4.78 is 40.6. The highest BCUT2D eigenvalue weighted by Crippen LogP contribution is 2.31. The predicted octanol–water partition coefficient (Wildman–Crippen LogP) is 5.82. The van der Waals surface area contributed by atoms with Crippen LogP contribution in [0.15, 0.2) is 83.2 Å². The fraction of sp³-hybridized carbons (Fsp3) is 0.192. The number of aryl methyl sites for hydroxylation is 1. The van der Waals surface area contributed by atoms with E-state index < -0.39 is 16.7 Å². The molecule has 1 atom stereocenters. The number of nitrogens with one attached hydrogen (secondary N) is 1. The summed E-state index contributed by atoms with van der Waals surface area (Å²) in [5.74, 6) is -2.78. The Hall–Kier alpha value is -3.50. The van der Waals surface area contributed by atoms with E-state index in [0.717, 1.165) is 29.1 Å². The van der Waals surface area contributed by atoms with Crippen molar-refractivity contribution < 1.29 is 17.8 Å². The van der Waals surface area contributed by atoms with Gasteiger partial charge in [-0.05, 0) is 42.3 Å². The number of alkyl halides is 2. The molecular weight excluding hydrogens is 502 g/mol. The van der Waals surface area contributed by atoms with Crippen LogP contribution in [0.5, 0.6) is 0 Å². The molecule has 10 heteroatoms. The molecule has 1 aromatic heterocycles. The Morgan fingerprint density at radius 1 is 1.17 bits per heavy atom. The molecular formula is C26H26F2N4O2S2. The van der Waals surface area contributed by atoms with E-state index >= 15 is 0 Å². The van der Waals surface area contributed by atoms with Gasteiger partial charge in [-0.15, -0.1) is 11.3 Å². The Bertz CT molecular complexity index is 1310. The van der Waals surface area contributed by atoms with E-state index in [0.29, 0.717) is 12.0 Å². The Morgan fingerprint density at radius 2 is 1.94 bits per heavy atom. The summed E-state index contributed by atoms with van der Waals surface area (Å²) >= 11 is 1.65. The van der Waals surface area contributed by atoms with Gasteiger partial charge in [-0.2, -0.15) is 5.10 Å². The van der Waals surface area contributed by atoms with Crippen molar-refractivity contribution in [3.8, 4) is 10.4 Å². The van der Waals surface area contributed by atoms with Gasteiger partial charge in [0.1, 0.15) is 0 Å². The number of rotatable bonds is 9. The molecule has 6 nitrogen and oxygen atoms in total. The van der Waals surface area contributed by atoms with Crippen molar-refractivity contribution >= 4 is 45.5 Å². The second kappa shape index (κ2) is 12.5. The average Bonchev–Trinajstić information content (AvgIpc) is 3.29. The van der Waals surface area contributed by atoms with Crippen LogP contribution in [0.2, 0.25) is 0 Å². The molecule has 3 aromatic rings. The summed E-state index contributed by atoms with van der Waals surface area (Å²) in [7, 11) is 0.0681. The molecule has 36 heavy (non-hydrogen) atoms. The van der Waals surface area contributed by atoms with Gasteiger partial charge in [-0.25, -0.2) is 13.8 Å². The highest BCUT2D eigenvalue weighted by molar-refractivity contribution is 7.99. The summed E-state index contributed by atoms with van der Waals surface area (Å²) in [6.07, 6.45) is 4.42. The van der Waals surface area contributed by atoms with Crippen molar-refractivity contribution in [1.82, 2.24) is 5.43 Å². The van der Waals surface area contributed by atoms with Gasteiger partial charge >= 0.3 is 0 Å². The number of benzene rings is 2. The van der Waals surface area contributed by atoms with E-state index in [1.165, 1.54) is 23.2 Å². The maximum atomic E-state index is 13.7. The number of amidine groups is 1. The molecule has 188 valence electrons. The minimum atomic E-state index is -2.96. The molecule has 0 aliphatic rings. The van der Waals surface area contributed by atoms with Crippen molar-refractivity contribution in [1.29, 1.82) is 0 Å². The van der Waals surface area contributed by atoms with Gasteiger partial charge in [0, 0.05) is 47.4 Å². The van der Waals surface area contributed by atoms with Crippen LogP contribution in [-0.4, -0.2) is 28.9 Å². The quantitative estimate of drug-likeness (QED) is 0.164. The average molecular weight is 529 g/mol. The van der Waals surface area contributed by atoms with Gasteiger partial charge in [-0.3, -0.25) is 14.4 Å². The van der Waals surface area contributed by atoms with Crippen LogP contribution in [0.4, 0.5) is 14.5 Å². The number of thiophene rings is 1. The Balaban J connectivity index is 1.82. The van der Waals surface area contributed by atoms with E-state index in [2.05, 4.69) is 15.5 Å². The minimum absolute atomic E-state index is 0.0451. The lowest BCUT2D eigenvalue weighted by atomic mass is 10.1. The molecule has 1 unspecified atom stereocenters. The van der Waals surface area contributed by atoms with Crippen molar-refractivity contribution in [2.45, 2.75) is 25.5 Å². The summed E-state index contributed by atoms with van der Waals surface area (Å²) in [6, 6.07) is 17.8. The molecule has 1 heterocycles. The number of hydrogen-bond acceptors (Lipinski definition) is 6. The van der Waals surface area contributed by atoms with Crippen molar-refractivity contribution in [2.75, 3.05) is 11.9 Å². The van der Waals surface area contributed by atoms with Crippen LogP contribution in [0.25, 0.3) is 10.4 Å². The smallest absolute Gasteiger partial charge is 0.270 e. The second-order valence-electron chi connectivity index (χ2n) is 7.87. The monoisotopic (exact) mass is 528 g/mol. The zero-order valence-corrected chi connectivity index (χ0v) is 21.7. The molecule has 0 aliphatic carbocycles. The third kappa shape index (κ3) is 7.50. The van der Waals surface area contributed by atoms with Crippen LogP contribution in [0.3, 0.4) is 0 Å². The zero-order valence-electron chi connectivity index (χ0n) is 20.0. The third-order valence-electron chi connectivity index (χ3n) is 5.06. The first kappa shape index (κ1) is 27.1. The molecule has 2 aromatic carbocycles. The van der Waals surface area contributed by atoms with E-state index in [1.807, 2.05) is 43.3 Å². The molecule has 1 N–H and O–H groups in total. The van der Waals surface area contributed by atoms with Gasteiger partial charge in [0.15, 0.2) is 6.29 Å². The predicted molar refractivity (Wildman–Crippen MR) is 145 cm³/mol. The molecule has 0 saturated heterocycles. The number of nitrogens with zero attached hydrogens (tertiary/aromatic N) is 3. The van der Waals surface area contributed by atoms with Gasteiger partial charge in [-0.1, -0.05) is 36.4 Å². The van der Waals surface area contributed by atoms with Crippen molar-refractivity contribution in [3.63, 3.8) is 0 Å². The second-order valence-corrected chi connectivity index (χ2v) is 10.5. The SMILES string of the molecule is Cc1ccc(-c2ccccc2CS(=O)C(=N/C=C\N(C)c2cccc(C(C)(F)F)c2)N/N=C/C=O)s1. The number of carbonyl (C=O) groups excluding carboxylic acids is 1. The number of aldehydes is 1. The highest BCUT2D eigenvalue weighted by Gasteiger charge is 2.24. The Kier molecular flexibility index (Phi) is 9.38. The summed E-state index contributed by atoms with van der Waals surface area (Å²) in [5.41, 5.74) is 4.87. The van der Waals surface area contributed by atoms with Gasteiger partial charge in [0.2, 0.25) is 5.17 Å². The topological polar surface area (TPSA) is 74.1 Å². The van der Waals surface area contributed by atoms with Crippen LogP contribution in [0, 0.1) is 6.92 Å². The van der Waals surface area contributed by atoms with Gasteiger partial charge < -0.3 is 4.90 Å². The minimum Gasteiger partial charge on any atom is -0.349 e. The maximum absolute atomic E-state index is 13.7. The molecule has 0 fully saturated rings.